The second-order valence-electron chi connectivity index (χ2n) is 5.81. The van der Waals surface area contributed by atoms with Crippen LogP contribution in [0.25, 0.3) is 0 Å². The first-order valence-corrected chi connectivity index (χ1v) is 7.69. The van der Waals surface area contributed by atoms with Gasteiger partial charge in [-0.2, -0.15) is 0 Å². The van der Waals surface area contributed by atoms with Gasteiger partial charge in [-0.05, 0) is 18.4 Å². The van der Waals surface area contributed by atoms with E-state index in [2.05, 4.69) is 10.6 Å². The smallest absolute Gasteiger partial charge is 0.408 e. The van der Waals surface area contributed by atoms with Crippen molar-refractivity contribution in [1.29, 1.82) is 0 Å². The lowest BCUT2D eigenvalue weighted by Crippen LogP contribution is -2.55. The van der Waals surface area contributed by atoms with Crippen molar-refractivity contribution in [2.75, 3.05) is 26.2 Å². The van der Waals surface area contributed by atoms with Crippen molar-refractivity contribution in [2.45, 2.75) is 25.0 Å². The third kappa shape index (κ3) is 3.39. The van der Waals surface area contributed by atoms with Crippen molar-refractivity contribution in [3.8, 4) is 0 Å². The highest BCUT2D eigenvalue weighted by atomic mass is 16.5. The van der Waals surface area contributed by atoms with Crippen LogP contribution in [0.1, 0.15) is 18.4 Å². The molecule has 0 atom stereocenters. The van der Waals surface area contributed by atoms with Crippen molar-refractivity contribution in [3.05, 3.63) is 35.9 Å². The maximum absolute atomic E-state index is 12.5. The molecule has 0 spiro atoms. The van der Waals surface area contributed by atoms with Crippen molar-refractivity contribution in [2.24, 2.45) is 0 Å². The third-order valence-corrected chi connectivity index (χ3v) is 4.12. The molecular weight excluding hydrogens is 282 g/mol. The summed E-state index contributed by atoms with van der Waals surface area (Å²) in [6.07, 6.45) is 0.858. The number of rotatable bonds is 4. The summed E-state index contributed by atoms with van der Waals surface area (Å²) in [4.78, 5) is 26.3. The SMILES string of the molecule is O=C(NC1(C(=O)N2CCNCC2)CC1)OCc1ccccc1. The predicted molar refractivity (Wildman–Crippen MR) is 81.2 cm³/mol. The van der Waals surface area contributed by atoms with E-state index >= 15 is 0 Å². The maximum atomic E-state index is 12.5. The number of nitrogens with one attached hydrogen (secondary N) is 2. The summed E-state index contributed by atoms with van der Waals surface area (Å²) in [5.74, 6) is 0.0191. The molecule has 1 aliphatic carbocycles. The van der Waals surface area contributed by atoms with Crippen LogP contribution in [0, 0.1) is 0 Å². The zero-order chi connectivity index (χ0) is 15.4. The summed E-state index contributed by atoms with van der Waals surface area (Å²) < 4.78 is 5.21. The van der Waals surface area contributed by atoms with E-state index in [9.17, 15) is 9.59 Å². The molecule has 2 amide bonds. The second kappa shape index (κ2) is 6.36. The van der Waals surface area contributed by atoms with Crippen LogP contribution in [-0.4, -0.2) is 48.6 Å². The Morgan fingerprint density at radius 2 is 1.86 bits per heavy atom. The van der Waals surface area contributed by atoms with Crippen molar-refractivity contribution in [3.63, 3.8) is 0 Å². The number of hydrogen-bond donors (Lipinski definition) is 2. The summed E-state index contributed by atoms with van der Waals surface area (Å²) in [7, 11) is 0. The first-order chi connectivity index (χ1) is 10.7. The third-order valence-electron chi connectivity index (χ3n) is 4.12. The van der Waals surface area contributed by atoms with Gasteiger partial charge in [0.1, 0.15) is 12.1 Å². The van der Waals surface area contributed by atoms with Gasteiger partial charge >= 0.3 is 6.09 Å². The Morgan fingerprint density at radius 3 is 2.50 bits per heavy atom. The lowest BCUT2D eigenvalue weighted by Gasteiger charge is -2.31. The van der Waals surface area contributed by atoms with E-state index in [4.69, 9.17) is 4.74 Å². The summed E-state index contributed by atoms with van der Waals surface area (Å²) in [6.45, 7) is 3.22. The van der Waals surface area contributed by atoms with Crippen LogP contribution in [0.4, 0.5) is 4.79 Å². The molecule has 6 heteroatoms. The van der Waals surface area contributed by atoms with Crippen LogP contribution < -0.4 is 10.6 Å². The average molecular weight is 303 g/mol. The Balaban J connectivity index is 1.51. The minimum Gasteiger partial charge on any atom is -0.445 e. The van der Waals surface area contributed by atoms with Crippen molar-refractivity contribution >= 4 is 12.0 Å². The molecule has 0 radical (unpaired) electrons. The molecule has 1 saturated carbocycles. The molecule has 22 heavy (non-hydrogen) atoms. The zero-order valence-corrected chi connectivity index (χ0v) is 12.5. The van der Waals surface area contributed by atoms with Crippen molar-refractivity contribution in [1.82, 2.24) is 15.5 Å². The Hall–Kier alpha value is -2.08. The normalized spacial score (nSPS) is 19.4. The summed E-state index contributed by atoms with van der Waals surface area (Å²) in [6, 6.07) is 9.49. The Kier molecular flexibility index (Phi) is 4.29. The van der Waals surface area contributed by atoms with Gasteiger partial charge in [0.05, 0.1) is 0 Å². The number of amides is 2. The molecule has 2 aliphatic rings. The molecule has 0 aromatic heterocycles. The predicted octanol–water partition coefficient (Wildman–Crippen LogP) is 0.877. The minimum atomic E-state index is -0.731. The van der Waals surface area contributed by atoms with Crippen molar-refractivity contribution < 1.29 is 14.3 Å². The maximum Gasteiger partial charge on any atom is 0.408 e. The molecule has 0 bridgehead atoms. The van der Waals surface area contributed by atoms with Crippen LogP contribution in [0.15, 0.2) is 30.3 Å². The van der Waals surface area contributed by atoms with E-state index in [0.717, 1.165) is 18.7 Å². The molecule has 3 rings (SSSR count). The van der Waals surface area contributed by atoms with Gasteiger partial charge in [0.15, 0.2) is 0 Å². The number of hydrogen-bond acceptors (Lipinski definition) is 4. The fourth-order valence-corrected chi connectivity index (χ4v) is 2.64. The summed E-state index contributed by atoms with van der Waals surface area (Å²) in [5.41, 5.74) is 0.196. The lowest BCUT2D eigenvalue weighted by atomic mass is 10.2. The van der Waals surface area contributed by atoms with Crippen LogP contribution >= 0.6 is 0 Å². The quantitative estimate of drug-likeness (QED) is 0.866. The highest BCUT2D eigenvalue weighted by Gasteiger charge is 2.53. The molecule has 1 heterocycles. The molecule has 6 nitrogen and oxygen atoms in total. The average Bonchev–Trinajstić information content (AvgIpc) is 3.35. The van der Waals surface area contributed by atoms with Gasteiger partial charge in [0.2, 0.25) is 5.91 Å². The Bertz CT molecular complexity index is 537. The fourth-order valence-electron chi connectivity index (χ4n) is 2.64. The highest BCUT2D eigenvalue weighted by Crippen LogP contribution is 2.37. The number of ether oxygens (including phenoxy) is 1. The second-order valence-corrected chi connectivity index (χ2v) is 5.81. The lowest BCUT2D eigenvalue weighted by molar-refractivity contribution is -0.135. The minimum absolute atomic E-state index is 0.0191. The van der Waals surface area contributed by atoms with Gasteiger partial charge in [0.25, 0.3) is 0 Å². The van der Waals surface area contributed by atoms with Crippen LogP contribution in [-0.2, 0) is 16.1 Å². The number of benzene rings is 1. The molecule has 0 unspecified atom stereocenters. The molecule has 1 aliphatic heterocycles. The Labute approximate surface area is 129 Å². The topological polar surface area (TPSA) is 70.7 Å². The monoisotopic (exact) mass is 303 g/mol. The largest absolute Gasteiger partial charge is 0.445 e. The van der Waals surface area contributed by atoms with Crippen LogP contribution in [0.5, 0.6) is 0 Å². The van der Waals surface area contributed by atoms with E-state index in [1.54, 1.807) is 0 Å². The van der Waals surface area contributed by atoms with Gasteiger partial charge in [-0.25, -0.2) is 4.79 Å². The summed E-state index contributed by atoms with van der Waals surface area (Å²) in [5, 5.41) is 5.98. The first kappa shape index (κ1) is 14.8. The Morgan fingerprint density at radius 1 is 1.18 bits per heavy atom. The molecule has 2 fully saturated rings. The molecule has 1 aromatic rings. The number of carbonyl (C=O) groups is 2. The van der Waals surface area contributed by atoms with E-state index in [0.29, 0.717) is 25.9 Å². The molecule has 118 valence electrons. The van der Waals surface area contributed by atoms with Gasteiger partial charge in [0, 0.05) is 26.2 Å². The number of piperazine rings is 1. The summed E-state index contributed by atoms with van der Waals surface area (Å²) >= 11 is 0. The van der Waals surface area contributed by atoms with Gasteiger partial charge in [-0.3, -0.25) is 4.79 Å². The zero-order valence-electron chi connectivity index (χ0n) is 12.5. The molecule has 2 N–H and O–H groups in total. The van der Waals surface area contributed by atoms with E-state index in [-0.39, 0.29) is 12.5 Å². The van der Waals surface area contributed by atoms with Crippen LogP contribution in [0.3, 0.4) is 0 Å². The number of nitrogens with zero attached hydrogens (tertiary/aromatic N) is 1. The van der Waals surface area contributed by atoms with Gasteiger partial charge in [-0.1, -0.05) is 30.3 Å². The highest BCUT2D eigenvalue weighted by molar-refractivity contribution is 5.92. The standard InChI is InChI=1S/C16H21N3O3/c20-14(19-10-8-17-9-11-19)16(6-7-16)18-15(21)22-12-13-4-2-1-3-5-13/h1-5,17H,6-12H2,(H,18,21). The molecule has 1 aromatic carbocycles. The molecular formula is C16H21N3O3. The van der Waals surface area contributed by atoms with E-state index in [1.807, 2.05) is 35.2 Å². The van der Waals surface area contributed by atoms with E-state index in [1.165, 1.54) is 0 Å². The molecule has 1 saturated heterocycles. The first-order valence-electron chi connectivity index (χ1n) is 7.69. The van der Waals surface area contributed by atoms with Gasteiger partial charge < -0.3 is 20.3 Å². The van der Waals surface area contributed by atoms with E-state index < -0.39 is 11.6 Å². The fraction of sp³-hybridized carbons (Fsp3) is 0.500. The number of alkyl carbamates (subject to hydrolysis) is 1. The van der Waals surface area contributed by atoms with Gasteiger partial charge in [-0.15, -0.1) is 0 Å². The number of carbonyl (C=O) groups excluding carboxylic acids is 2. The van der Waals surface area contributed by atoms with Crippen LogP contribution in [0.2, 0.25) is 0 Å².